The van der Waals surface area contributed by atoms with Crippen LogP contribution in [0.1, 0.15) is 58.3 Å². The number of carboxylic acid groups (broad SMARTS) is 1. The summed E-state index contributed by atoms with van der Waals surface area (Å²) in [6.45, 7) is 5.09. The second kappa shape index (κ2) is 10.7. The SMILES string of the molecule is Cc1nc(N2CCC(c3ccccc3)CC2)nc(C)c1-c1ccc(F)c(COc2ccc3c(c2)C[C@H]2[C@H](C(=O)O)[C@@H]32)c1F. The number of aliphatic carboxylic acids is 1. The van der Waals surface area contributed by atoms with E-state index in [4.69, 9.17) is 14.7 Å². The van der Waals surface area contributed by atoms with Crippen molar-refractivity contribution in [2.45, 2.75) is 51.6 Å². The third-order valence-electron chi connectivity index (χ3n) is 9.53. The average Bonchev–Trinajstić information content (AvgIpc) is 3.60. The van der Waals surface area contributed by atoms with Gasteiger partial charge >= 0.3 is 5.97 Å². The molecule has 7 rings (SSSR count). The van der Waals surface area contributed by atoms with Gasteiger partial charge in [0.25, 0.3) is 0 Å². The van der Waals surface area contributed by atoms with Crippen LogP contribution in [0.4, 0.5) is 14.7 Å². The van der Waals surface area contributed by atoms with Crippen LogP contribution in [0.5, 0.6) is 5.75 Å². The molecule has 0 amide bonds. The van der Waals surface area contributed by atoms with Crippen LogP contribution in [0, 0.1) is 37.3 Å². The standard InChI is InChI=1S/C35H33F2N3O3/c1-19-30(20(2)39-35(38-19)40-14-12-22(13-15-40)21-6-4-3-5-7-21)26-10-11-29(36)28(33(26)37)18-43-24-8-9-25-23(16-24)17-27-31(25)32(27)34(41)42/h3-11,16,22,27,31-32H,12-15,17-18H2,1-2H3,(H,41,42)/t27-,31+,32+/m1/s1. The van der Waals surface area contributed by atoms with Crippen molar-refractivity contribution in [2.24, 2.45) is 11.8 Å². The number of piperidine rings is 1. The smallest absolute Gasteiger partial charge is 0.307 e. The van der Waals surface area contributed by atoms with Gasteiger partial charge in [0.2, 0.25) is 5.95 Å². The zero-order valence-electron chi connectivity index (χ0n) is 24.2. The lowest BCUT2D eigenvalue weighted by Gasteiger charge is -2.32. The van der Waals surface area contributed by atoms with Gasteiger partial charge in [-0.05, 0) is 85.9 Å². The van der Waals surface area contributed by atoms with E-state index in [1.54, 1.807) is 6.07 Å². The second-order valence-electron chi connectivity index (χ2n) is 12.0. The topological polar surface area (TPSA) is 75.5 Å². The number of aryl methyl sites for hydroxylation is 2. The Labute approximate surface area is 249 Å². The van der Waals surface area contributed by atoms with E-state index in [0.29, 0.717) is 41.0 Å². The van der Waals surface area contributed by atoms with Crippen LogP contribution in [0.25, 0.3) is 11.1 Å². The van der Waals surface area contributed by atoms with Gasteiger partial charge in [-0.2, -0.15) is 0 Å². The van der Waals surface area contributed by atoms with Crippen molar-refractivity contribution < 1.29 is 23.4 Å². The number of carboxylic acids is 1. The van der Waals surface area contributed by atoms with Crippen molar-refractivity contribution in [2.75, 3.05) is 18.0 Å². The van der Waals surface area contributed by atoms with Gasteiger partial charge in [0.15, 0.2) is 0 Å². The molecular formula is C35H33F2N3O3. The molecule has 0 radical (unpaired) electrons. The van der Waals surface area contributed by atoms with Crippen LogP contribution >= 0.6 is 0 Å². The van der Waals surface area contributed by atoms with E-state index in [-0.39, 0.29) is 35.5 Å². The zero-order chi connectivity index (χ0) is 29.8. The van der Waals surface area contributed by atoms with Crippen molar-refractivity contribution in [3.8, 4) is 16.9 Å². The van der Waals surface area contributed by atoms with Crippen LogP contribution in [0.15, 0.2) is 60.7 Å². The van der Waals surface area contributed by atoms with Crippen molar-refractivity contribution in [3.05, 3.63) is 106 Å². The minimum atomic E-state index is -0.749. The number of halogens is 2. The summed E-state index contributed by atoms with van der Waals surface area (Å²) in [5, 5.41) is 9.35. The minimum Gasteiger partial charge on any atom is -0.489 e. The number of rotatable bonds is 7. The van der Waals surface area contributed by atoms with Crippen molar-refractivity contribution in [1.82, 2.24) is 9.97 Å². The van der Waals surface area contributed by atoms with Gasteiger partial charge in [-0.3, -0.25) is 4.79 Å². The molecule has 1 N–H and O–H groups in total. The highest BCUT2D eigenvalue weighted by Gasteiger charge is 2.59. The quantitative estimate of drug-likeness (QED) is 0.254. The molecule has 8 heteroatoms. The van der Waals surface area contributed by atoms with Gasteiger partial charge in [0, 0.05) is 30.1 Å². The van der Waals surface area contributed by atoms with Crippen LogP contribution in [0.3, 0.4) is 0 Å². The first-order valence-electron chi connectivity index (χ1n) is 14.9. The Morgan fingerprint density at radius 2 is 1.72 bits per heavy atom. The van der Waals surface area contributed by atoms with Crippen molar-refractivity contribution in [3.63, 3.8) is 0 Å². The molecule has 220 valence electrons. The number of aromatic nitrogens is 2. The first kappa shape index (κ1) is 27.5. The highest BCUT2D eigenvalue weighted by molar-refractivity contribution is 5.78. The molecule has 2 aliphatic carbocycles. The van der Waals surface area contributed by atoms with Crippen LogP contribution in [0.2, 0.25) is 0 Å². The second-order valence-corrected chi connectivity index (χ2v) is 12.0. The summed E-state index contributed by atoms with van der Waals surface area (Å²) in [6.07, 6.45) is 2.71. The molecule has 1 aliphatic heterocycles. The fourth-order valence-corrected chi connectivity index (χ4v) is 7.26. The summed E-state index contributed by atoms with van der Waals surface area (Å²) in [4.78, 5) is 23.1. The van der Waals surface area contributed by atoms with Gasteiger partial charge in [-0.1, -0.05) is 36.4 Å². The number of fused-ring (bicyclic) bond motifs is 3. The van der Waals surface area contributed by atoms with Crippen LogP contribution in [-0.2, 0) is 17.8 Å². The molecule has 3 aliphatic rings. The first-order chi connectivity index (χ1) is 20.8. The fraction of sp³-hybridized carbons (Fsp3) is 0.343. The molecule has 3 atom stereocenters. The Hall–Kier alpha value is -4.33. The molecule has 1 saturated heterocycles. The first-order valence-corrected chi connectivity index (χ1v) is 14.9. The summed E-state index contributed by atoms with van der Waals surface area (Å²) in [5.41, 5.74) is 5.39. The summed E-state index contributed by atoms with van der Waals surface area (Å²) in [5.74, 6) is -0.556. The highest BCUT2D eigenvalue weighted by atomic mass is 19.1. The van der Waals surface area contributed by atoms with Gasteiger partial charge in [0.05, 0.1) is 22.9 Å². The molecule has 6 nitrogen and oxygen atoms in total. The summed E-state index contributed by atoms with van der Waals surface area (Å²) in [7, 11) is 0. The third-order valence-corrected chi connectivity index (χ3v) is 9.53. The Balaban J connectivity index is 1.07. The molecule has 2 heterocycles. The molecule has 0 unspecified atom stereocenters. The van der Waals surface area contributed by atoms with E-state index >= 15 is 4.39 Å². The van der Waals surface area contributed by atoms with Gasteiger partial charge in [0.1, 0.15) is 24.0 Å². The summed E-state index contributed by atoms with van der Waals surface area (Å²) >= 11 is 0. The molecule has 1 aromatic heterocycles. The number of carbonyl (C=O) groups is 1. The highest BCUT2D eigenvalue weighted by Crippen LogP contribution is 2.61. The Morgan fingerprint density at radius 1 is 1.00 bits per heavy atom. The van der Waals surface area contributed by atoms with Crippen molar-refractivity contribution >= 4 is 11.9 Å². The molecule has 0 spiro atoms. The predicted molar refractivity (Wildman–Crippen MR) is 159 cm³/mol. The summed E-state index contributed by atoms with van der Waals surface area (Å²) in [6, 6.07) is 18.8. The van der Waals surface area contributed by atoms with Gasteiger partial charge < -0.3 is 14.7 Å². The van der Waals surface area contributed by atoms with Gasteiger partial charge in [-0.15, -0.1) is 0 Å². The lowest BCUT2D eigenvalue weighted by molar-refractivity contribution is -0.139. The van der Waals surface area contributed by atoms with E-state index in [2.05, 4.69) is 29.2 Å². The summed E-state index contributed by atoms with van der Waals surface area (Å²) < 4.78 is 36.6. The van der Waals surface area contributed by atoms with Crippen LogP contribution < -0.4 is 9.64 Å². The van der Waals surface area contributed by atoms with Crippen molar-refractivity contribution in [1.29, 1.82) is 0 Å². The Morgan fingerprint density at radius 3 is 2.42 bits per heavy atom. The average molecular weight is 582 g/mol. The van der Waals surface area contributed by atoms with Gasteiger partial charge in [-0.25, -0.2) is 18.7 Å². The third kappa shape index (κ3) is 4.92. The number of hydrogen-bond donors (Lipinski definition) is 1. The number of nitrogens with zero attached hydrogens (tertiary/aromatic N) is 3. The minimum absolute atomic E-state index is 0.0642. The maximum atomic E-state index is 15.9. The monoisotopic (exact) mass is 581 g/mol. The Bertz CT molecular complexity index is 1700. The largest absolute Gasteiger partial charge is 0.489 e. The molecule has 0 bridgehead atoms. The lowest BCUT2D eigenvalue weighted by atomic mass is 9.89. The molecular weight excluding hydrogens is 548 g/mol. The molecule has 2 fully saturated rings. The maximum Gasteiger partial charge on any atom is 0.307 e. The zero-order valence-corrected chi connectivity index (χ0v) is 24.2. The molecule has 43 heavy (non-hydrogen) atoms. The maximum absolute atomic E-state index is 15.9. The number of benzene rings is 3. The molecule has 1 saturated carbocycles. The van der Waals surface area contributed by atoms with E-state index in [0.717, 1.165) is 37.1 Å². The predicted octanol–water partition coefficient (Wildman–Crippen LogP) is 6.97. The van der Waals surface area contributed by atoms with Crippen LogP contribution in [-0.4, -0.2) is 34.1 Å². The van der Waals surface area contributed by atoms with E-state index in [9.17, 15) is 14.3 Å². The normalized spacial score (nSPS) is 20.9. The Kier molecular flexibility index (Phi) is 6.87. The number of anilines is 1. The van der Waals surface area contributed by atoms with E-state index < -0.39 is 17.6 Å². The number of ether oxygens (including phenoxy) is 1. The van der Waals surface area contributed by atoms with E-state index in [1.807, 2.05) is 32.0 Å². The fourth-order valence-electron chi connectivity index (χ4n) is 7.26. The lowest BCUT2D eigenvalue weighted by Crippen LogP contribution is -2.34. The molecule has 3 aromatic carbocycles. The molecule has 4 aromatic rings. The number of hydrogen-bond acceptors (Lipinski definition) is 5. The van der Waals surface area contributed by atoms with E-state index in [1.165, 1.54) is 17.7 Å².